The molecule has 0 aliphatic heterocycles. The van der Waals surface area contributed by atoms with Gasteiger partial charge >= 0.3 is 0 Å². The summed E-state index contributed by atoms with van der Waals surface area (Å²) in [5.41, 5.74) is 0.468. The Bertz CT molecular complexity index is 647. The third-order valence-corrected chi connectivity index (χ3v) is 3.38. The van der Waals surface area contributed by atoms with Crippen molar-refractivity contribution in [2.24, 2.45) is 0 Å². The highest BCUT2D eigenvalue weighted by atomic mass is 35.5. The number of ether oxygens (including phenoxy) is 1. The van der Waals surface area contributed by atoms with Crippen molar-refractivity contribution in [3.63, 3.8) is 0 Å². The number of anilines is 1. The van der Waals surface area contributed by atoms with Gasteiger partial charge in [-0.1, -0.05) is 23.2 Å². The van der Waals surface area contributed by atoms with Crippen LogP contribution in [-0.4, -0.2) is 12.5 Å². The van der Waals surface area contributed by atoms with Gasteiger partial charge in [0.05, 0.1) is 11.6 Å². The molecule has 0 aliphatic rings. The molecular formula is C16H14Cl2FNO2. The molecule has 0 radical (unpaired) electrons. The van der Waals surface area contributed by atoms with Crippen molar-refractivity contribution in [3.8, 4) is 5.75 Å². The first-order valence-corrected chi connectivity index (χ1v) is 7.43. The molecule has 1 N–H and O–H groups in total. The molecule has 2 aromatic carbocycles. The van der Waals surface area contributed by atoms with Crippen LogP contribution < -0.4 is 10.1 Å². The summed E-state index contributed by atoms with van der Waals surface area (Å²) in [6.07, 6.45) is 0.853. The van der Waals surface area contributed by atoms with Gasteiger partial charge in [-0.3, -0.25) is 4.79 Å². The number of benzene rings is 2. The molecule has 0 aromatic heterocycles. The van der Waals surface area contributed by atoms with Crippen molar-refractivity contribution in [3.05, 3.63) is 58.3 Å². The Balaban J connectivity index is 1.71. The maximum absolute atomic E-state index is 13.0. The van der Waals surface area contributed by atoms with Gasteiger partial charge in [0.25, 0.3) is 0 Å². The second-order valence-electron chi connectivity index (χ2n) is 4.58. The molecule has 0 atom stereocenters. The molecule has 0 bridgehead atoms. The van der Waals surface area contributed by atoms with Crippen LogP contribution in [0.4, 0.5) is 10.1 Å². The topological polar surface area (TPSA) is 38.3 Å². The number of hydrogen-bond acceptors (Lipinski definition) is 2. The van der Waals surface area contributed by atoms with Crippen LogP contribution in [0.1, 0.15) is 12.8 Å². The molecule has 0 saturated carbocycles. The van der Waals surface area contributed by atoms with E-state index in [1.807, 2.05) is 0 Å². The molecule has 0 fully saturated rings. The lowest BCUT2D eigenvalue weighted by molar-refractivity contribution is -0.116. The summed E-state index contributed by atoms with van der Waals surface area (Å²) in [5.74, 6) is 0.00790. The van der Waals surface area contributed by atoms with Crippen molar-refractivity contribution in [1.29, 1.82) is 0 Å². The van der Waals surface area contributed by atoms with E-state index in [9.17, 15) is 9.18 Å². The SMILES string of the molecule is O=C(CCCOc1ccc(Cl)cc1)Nc1ccc(F)c(Cl)c1. The largest absolute Gasteiger partial charge is 0.494 e. The van der Waals surface area contributed by atoms with E-state index in [1.165, 1.54) is 18.2 Å². The predicted molar refractivity (Wildman–Crippen MR) is 86.2 cm³/mol. The van der Waals surface area contributed by atoms with E-state index >= 15 is 0 Å². The molecule has 0 heterocycles. The summed E-state index contributed by atoms with van der Waals surface area (Å²) in [7, 11) is 0. The van der Waals surface area contributed by atoms with Crippen LogP contribution in [0.2, 0.25) is 10.0 Å². The zero-order valence-electron chi connectivity index (χ0n) is 11.6. The van der Waals surface area contributed by atoms with Crippen LogP contribution in [-0.2, 0) is 4.79 Å². The Hall–Kier alpha value is -1.78. The molecular weight excluding hydrogens is 328 g/mol. The second kappa shape index (κ2) is 8.01. The van der Waals surface area contributed by atoms with Gasteiger partial charge in [-0.05, 0) is 48.9 Å². The van der Waals surface area contributed by atoms with Gasteiger partial charge in [0, 0.05) is 17.1 Å². The van der Waals surface area contributed by atoms with E-state index in [0.29, 0.717) is 35.9 Å². The summed E-state index contributed by atoms with van der Waals surface area (Å²) in [6.45, 7) is 0.416. The Morgan fingerprint density at radius 1 is 1.14 bits per heavy atom. The van der Waals surface area contributed by atoms with Crippen LogP contribution in [0.3, 0.4) is 0 Å². The Kier molecular flexibility index (Phi) is 6.04. The number of halogens is 3. The second-order valence-corrected chi connectivity index (χ2v) is 5.43. The molecule has 2 rings (SSSR count). The molecule has 22 heavy (non-hydrogen) atoms. The smallest absolute Gasteiger partial charge is 0.224 e. The van der Waals surface area contributed by atoms with Gasteiger partial charge < -0.3 is 10.1 Å². The third kappa shape index (κ3) is 5.20. The van der Waals surface area contributed by atoms with Gasteiger partial charge in [0.1, 0.15) is 11.6 Å². The van der Waals surface area contributed by atoms with E-state index in [2.05, 4.69) is 5.32 Å². The summed E-state index contributed by atoms with van der Waals surface area (Å²) < 4.78 is 18.5. The monoisotopic (exact) mass is 341 g/mol. The zero-order valence-corrected chi connectivity index (χ0v) is 13.1. The van der Waals surface area contributed by atoms with Gasteiger partial charge in [0.15, 0.2) is 0 Å². The summed E-state index contributed by atoms with van der Waals surface area (Å²) in [5, 5.41) is 3.27. The van der Waals surface area contributed by atoms with E-state index < -0.39 is 5.82 Å². The minimum atomic E-state index is -0.518. The van der Waals surface area contributed by atoms with Crippen LogP contribution in [0.5, 0.6) is 5.75 Å². The van der Waals surface area contributed by atoms with Crippen molar-refractivity contribution in [1.82, 2.24) is 0 Å². The van der Waals surface area contributed by atoms with E-state index in [-0.39, 0.29) is 10.9 Å². The standard InChI is InChI=1S/C16H14Cl2FNO2/c17-11-3-6-13(7-4-11)22-9-1-2-16(21)20-12-5-8-15(19)14(18)10-12/h3-8,10H,1-2,9H2,(H,20,21). The highest BCUT2D eigenvalue weighted by molar-refractivity contribution is 6.31. The number of hydrogen-bond donors (Lipinski definition) is 1. The molecule has 3 nitrogen and oxygen atoms in total. The minimum absolute atomic E-state index is 0.0242. The lowest BCUT2D eigenvalue weighted by Gasteiger charge is -2.07. The molecule has 0 aliphatic carbocycles. The van der Waals surface area contributed by atoms with E-state index in [1.54, 1.807) is 24.3 Å². The fourth-order valence-corrected chi connectivity index (χ4v) is 2.06. The Labute approximate surface area is 138 Å². The molecule has 0 spiro atoms. The molecule has 0 unspecified atom stereocenters. The first-order chi connectivity index (χ1) is 10.5. The lowest BCUT2D eigenvalue weighted by Crippen LogP contribution is -2.12. The van der Waals surface area contributed by atoms with Crippen molar-refractivity contribution >= 4 is 34.8 Å². The van der Waals surface area contributed by atoms with Gasteiger partial charge in [-0.25, -0.2) is 4.39 Å². The minimum Gasteiger partial charge on any atom is -0.494 e. The van der Waals surface area contributed by atoms with Crippen molar-refractivity contribution < 1.29 is 13.9 Å². The first-order valence-electron chi connectivity index (χ1n) is 6.68. The molecule has 116 valence electrons. The van der Waals surface area contributed by atoms with Crippen LogP contribution in [0.15, 0.2) is 42.5 Å². The zero-order chi connectivity index (χ0) is 15.9. The van der Waals surface area contributed by atoms with E-state index in [0.717, 1.165) is 0 Å². The van der Waals surface area contributed by atoms with E-state index in [4.69, 9.17) is 27.9 Å². The summed E-state index contributed by atoms with van der Waals surface area (Å²) in [4.78, 5) is 11.7. The molecule has 0 saturated heterocycles. The summed E-state index contributed by atoms with van der Waals surface area (Å²) >= 11 is 11.4. The molecule has 2 aromatic rings. The third-order valence-electron chi connectivity index (χ3n) is 2.83. The Morgan fingerprint density at radius 2 is 1.86 bits per heavy atom. The highest BCUT2D eigenvalue weighted by Gasteiger charge is 2.05. The molecule has 1 amide bonds. The van der Waals surface area contributed by atoms with Crippen LogP contribution in [0, 0.1) is 5.82 Å². The fourth-order valence-electron chi connectivity index (χ4n) is 1.75. The first kappa shape index (κ1) is 16.6. The number of nitrogens with one attached hydrogen (secondary N) is 1. The number of rotatable bonds is 6. The molecule has 6 heteroatoms. The quantitative estimate of drug-likeness (QED) is 0.756. The normalized spacial score (nSPS) is 10.3. The average molecular weight is 342 g/mol. The van der Waals surface area contributed by atoms with Crippen LogP contribution in [0.25, 0.3) is 0 Å². The predicted octanol–water partition coefficient (Wildman–Crippen LogP) is 4.93. The summed E-state index contributed by atoms with van der Waals surface area (Å²) in [6, 6.07) is 11.1. The van der Waals surface area contributed by atoms with Gasteiger partial charge in [-0.2, -0.15) is 0 Å². The Morgan fingerprint density at radius 3 is 2.55 bits per heavy atom. The van der Waals surface area contributed by atoms with Gasteiger partial charge in [0.2, 0.25) is 5.91 Å². The highest BCUT2D eigenvalue weighted by Crippen LogP contribution is 2.19. The number of carbonyl (C=O) groups is 1. The number of carbonyl (C=O) groups excluding carboxylic acids is 1. The number of amides is 1. The average Bonchev–Trinajstić information content (AvgIpc) is 2.49. The van der Waals surface area contributed by atoms with Gasteiger partial charge in [-0.15, -0.1) is 0 Å². The van der Waals surface area contributed by atoms with Crippen molar-refractivity contribution in [2.75, 3.05) is 11.9 Å². The fraction of sp³-hybridized carbons (Fsp3) is 0.188. The maximum atomic E-state index is 13.0. The van der Waals surface area contributed by atoms with Crippen molar-refractivity contribution in [2.45, 2.75) is 12.8 Å². The maximum Gasteiger partial charge on any atom is 0.224 e. The lowest BCUT2D eigenvalue weighted by atomic mass is 10.2. The van der Waals surface area contributed by atoms with Crippen LogP contribution >= 0.6 is 23.2 Å².